The van der Waals surface area contributed by atoms with Crippen LogP contribution in [-0.2, 0) is 4.79 Å². The van der Waals surface area contributed by atoms with Crippen molar-refractivity contribution in [1.82, 2.24) is 4.90 Å². The number of hydrogen-bond donors (Lipinski definition) is 2. The first-order chi connectivity index (χ1) is 9.71. The van der Waals surface area contributed by atoms with Crippen LogP contribution in [-0.4, -0.2) is 43.6 Å². The van der Waals surface area contributed by atoms with E-state index in [-0.39, 0.29) is 5.91 Å². The molecule has 0 saturated carbocycles. The van der Waals surface area contributed by atoms with Crippen LogP contribution in [0.1, 0.15) is 13.3 Å². The number of nitrogens with zero attached hydrogens (tertiary/aromatic N) is 1. The first-order valence-electron chi connectivity index (χ1n) is 7.16. The van der Waals surface area contributed by atoms with E-state index in [1.165, 1.54) is 0 Å². The predicted octanol–water partition coefficient (Wildman–Crippen LogP) is 1.30. The average Bonchev–Trinajstić information content (AvgIpc) is 2.89. The molecule has 3 N–H and O–H groups in total. The third-order valence-electron chi connectivity index (χ3n) is 3.52. The highest BCUT2D eigenvalue weighted by Gasteiger charge is 2.22. The number of carbonyl (C=O) groups is 1. The predicted molar refractivity (Wildman–Crippen MR) is 79.8 cm³/mol. The number of rotatable bonds is 6. The molecule has 1 aliphatic rings. The molecule has 1 heterocycles. The summed E-state index contributed by atoms with van der Waals surface area (Å²) in [6.45, 7) is 5.61. The molecule has 0 spiro atoms. The molecule has 1 unspecified atom stereocenters. The van der Waals surface area contributed by atoms with Crippen molar-refractivity contribution in [2.75, 3.05) is 38.1 Å². The first kappa shape index (κ1) is 14.8. The Kier molecular flexibility index (Phi) is 5.38. The van der Waals surface area contributed by atoms with E-state index < -0.39 is 0 Å². The molecular formula is C15H23N3O2. The SMILES string of the molecule is CCOc1ccc(NC(=O)CN2CCC(CN)C2)cc1. The van der Waals surface area contributed by atoms with Crippen molar-refractivity contribution in [3.63, 3.8) is 0 Å². The van der Waals surface area contributed by atoms with E-state index in [2.05, 4.69) is 10.2 Å². The molecule has 1 fully saturated rings. The van der Waals surface area contributed by atoms with E-state index in [1.54, 1.807) is 0 Å². The normalized spacial score (nSPS) is 19.0. The Hall–Kier alpha value is -1.59. The largest absolute Gasteiger partial charge is 0.494 e. The van der Waals surface area contributed by atoms with Gasteiger partial charge in [-0.05, 0) is 56.6 Å². The highest BCUT2D eigenvalue weighted by Crippen LogP contribution is 2.17. The second kappa shape index (κ2) is 7.26. The fourth-order valence-electron chi connectivity index (χ4n) is 2.45. The monoisotopic (exact) mass is 277 g/mol. The summed E-state index contributed by atoms with van der Waals surface area (Å²) in [6.07, 6.45) is 1.09. The van der Waals surface area contributed by atoms with Crippen molar-refractivity contribution in [1.29, 1.82) is 0 Å². The number of hydrogen-bond acceptors (Lipinski definition) is 4. The summed E-state index contributed by atoms with van der Waals surface area (Å²) in [6, 6.07) is 7.43. The molecule has 1 aromatic rings. The molecule has 0 bridgehead atoms. The number of ether oxygens (including phenoxy) is 1. The lowest BCUT2D eigenvalue weighted by atomic mass is 10.1. The number of nitrogens with one attached hydrogen (secondary N) is 1. The summed E-state index contributed by atoms with van der Waals surface area (Å²) in [5.74, 6) is 1.37. The van der Waals surface area contributed by atoms with Crippen LogP contribution < -0.4 is 15.8 Å². The Morgan fingerprint density at radius 3 is 2.80 bits per heavy atom. The van der Waals surface area contributed by atoms with Gasteiger partial charge >= 0.3 is 0 Å². The van der Waals surface area contributed by atoms with Crippen molar-refractivity contribution in [2.24, 2.45) is 11.7 Å². The van der Waals surface area contributed by atoms with Crippen LogP contribution in [0.2, 0.25) is 0 Å². The van der Waals surface area contributed by atoms with Gasteiger partial charge in [0.15, 0.2) is 0 Å². The fourth-order valence-corrected chi connectivity index (χ4v) is 2.45. The summed E-state index contributed by atoms with van der Waals surface area (Å²) in [4.78, 5) is 14.1. The molecule has 2 rings (SSSR count). The maximum Gasteiger partial charge on any atom is 0.238 e. The zero-order chi connectivity index (χ0) is 14.4. The lowest BCUT2D eigenvalue weighted by Gasteiger charge is -2.15. The Balaban J connectivity index is 1.79. The molecule has 1 aliphatic heterocycles. The smallest absolute Gasteiger partial charge is 0.238 e. The van der Waals surface area contributed by atoms with E-state index in [1.807, 2.05) is 31.2 Å². The molecule has 0 aromatic heterocycles. The van der Waals surface area contributed by atoms with Gasteiger partial charge in [-0.25, -0.2) is 0 Å². The van der Waals surface area contributed by atoms with Gasteiger partial charge < -0.3 is 15.8 Å². The van der Waals surface area contributed by atoms with Crippen LogP contribution in [0.5, 0.6) is 5.75 Å². The summed E-state index contributed by atoms with van der Waals surface area (Å²) >= 11 is 0. The lowest BCUT2D eigenvalue weighted by Crippen LogP contribution is -2.32. The van der Waals surface area contributed by atoms with Crippen LogP contribution in [0.4, 0.5) is 5.69 Å². The Morgan fingerprint density at radius 2 is 2.20 bits per heavy atom. The second-order valence-corrected chi connectivity index (χ2v) is 5.13. The third-order valence-corrected chi connectivity index (χ3v) is 3.52. The molecule has 5 heteroatoms. The van der Waals surface area contributed by atoms with Gasteiger partial charge in [0, 0.05) is 12.2 Å². The van der Waals surface area contributed by atoms with Gasteiger partial charge in [-0.1, -0.05) is 0 Å². The van der Waals surface area contributed by atoms with Gasteiger partial charge in [-0.3, -0.25) is 9.69 Å². The molecule has 5 nitrogen and oxygen atoms in total. The lowest BCUT2D eigenvalue weighted by molar-refractivity contribution is -0.117. The van der Waals surface area contributed by atoms with E-state index in [0.29, 0.717) is 25.6 Å². The number of amides is 1. The maximum absolute atomic E-state index is 12.0. The minimum absolute atomic E-state index is 0.0202. The fraction of sp³-hybridized carbons (Fsp3) is 0.533. The van der Waals surface area contributed by atoms with Crippen molar-refractivity contribution < 1.29 is 9.53 Å². The zero-order valence-electron chi connectivity index (χ0n) is 12.0. The molecule has 0 aliphatic carbocycles. The van der Waals surface area contributed by atoms with Gasteiger partial charge in [-0.15, -0.1) is 0 Å². The third kappa shape index (κ3) is 4.21. The Labute approximate surface area is 120 Å². The molecule has 1 saturated heterocycles. The van der Waals surface area contributed by atoms with Crippen molar-refractivity contribution >= 4 is 11.6 Å². The second-order valence-electron chi connectivity index (χ2n) is 5.13. The van der Waals surface area contributed by atoms with Gasteiger partial charge in [-0.2, -0.15) is 0 Å². The molecule has 0 radical (unpaired) electrons. The van der Waals surface area contributed by atoms with Crippen molar-refractivity contribution in [2.45, 2.75) is 13.3 Å². The number of likely N-dealkylation sites (tertiary alicyclic amines) is 1. The average molecular weight is 277 g/mol. The van der Waals surface area contributed by atoms with Gasteiger partial charge in [0.25, 0.3) is 0 Å². The number of anilines is 1. The van der Waals surface area contributed by atoms with Crippen molar-refractivity contribution in [3.05, 3.63) is 24.3 Å². The van der Waals surface area contributed by atoms with E-state index >= 15 is 0 Å². The minimum atomic E-state index is 0.0202. The number of carbonyl (C=O) groups excluding carboxylic acids is 1. The van der Waals surface area contributed by atoms with Gasteiger partial charge in [0.2, 0.25) is 5.91 Å². The Bertz CT molecular complexity index is 433. The molecule has 1 aromatic carbocycles. The standard InChI is InChI=1S/C15H23N3O2/c1-2-20-14-5-3-13(4-6-14)17-15(19)11-18-8-7-12(9-16)10-18/h3-6,12H,2,7-11,16H2,1H3,(H,17,19). The summed E-state index contributed by atoms with van der Waals surface area (Å²) in [5, 5.41) is 2.90. The Morgan fingerprint density at radius 1 is 1.45 bits per heavy atom. The summed E-state index contributed by atoms with van der Waals surface area (Å²) < 4.78 is 5.36. The summed E-state index contributed by atoms with van der Waals surface area (Å²) in [5.41, 5.74) is 6.45. The molecular weight excluding hydrogens is 254 g/mol. The first-order valence-corrected chi connectivity index (χ1v) is 7.16. The van der Waals surface area contributed by atoms with E-state index in [0.717, 1.165) is 30.9 Å². The maximum atomic E-state index is 12.0. The topological polar surface area (TPSA) is 67.6 Å². The van der Waals surface area contributed by atoms with E-state index in [4.69, 9.17) is 10.5 Å². The van der Waals surface area contributed by atoms with E-state index in [9.17, 15) is 4.79 Å². The number of benzene rings is 1. The van der Waals surface area contributed by atoms with Crippen LogP contribution in [0.25, 0.3) is 0 Å². The van der Waals surface area contributed by atoms with Gasteiger partial charge in [0.05, 0.1) is 13.2 Å². The molecule has 110 valence electrons. The quantitative estimate of drug-likeness (QED) is 0.822. The zero-order valence-corrected chi connectivity index (χ0v) is 12.0. The molecule has 1 atom stereocenters. The number of nitrogens with two attached hydrogens (primary N) is 1. The van der Waals surface area contributed by atoms with Crippen molar-refractivity contribution in [3.8, 4) is 5.75 Å². The van der Waals surface area contributed by atoms with Crippen LogP contribution in [0, 0.1) is 5.92 Å². The van der Waals surface area contributed by atoms with Crippen LogP contribution >= 0.6 is 0 Å². The van der Waals surface area contributed by atoms with Crippen LogP contribution in [0.3, 0.4) is 0 Å². The molecule has 1 amide bonds. The highest BCUT2D eigenvalue weighted by atomic mass is 16.5. The van der Waals surface area contributed by atoms with Gasteiger partial charge in [0.1, 0.15) is 5.75 Å². The summed E-state index contributed by atoms with van der Waals surface area (Å²) in [7, 11) is 0. The highest BCUT2D eigenvalue weighted by molar-refractivity contribution is 5.92. The minimum Gasteiger partial charge on any atom is -0.494 e. The molecule has 20 heavy (non-hydrogen) atoms. The van der Waals surface area contributed by atoms with Crippen LogP contribution in [0.15, 0.2) is 24.3 Å².